The molecule has 2 heterocycles. The lowest BCUT2D eigenvalue weighted by atomic mass is 10.2. The number of carbonyl (C=O) groups excluding carboxylic acids is 2. The first kappa shape index (κ1) is 12.9. The highest BCUT2D eigenvalue weighted by molar-refractivity contribution is 7.08. The van der Waals surface area contributed by atoms with Crippen LogP contribution in [0.1, 0.15) is 35.1 Å². The van der Waals surface area contributed by atoms with Crippen molar-refractivity contribution >= 4 is 23.4 Å². The quantitative estimate of drug-likeness (QED) is 0.762. The molecule has 1 saturated heterocycles. The van der Waals surface area contributed by atoms with Gasteiger partial charge in [-0.1, -0.05) is 11.4 Å². The summed E-state index contributed by atoms with van der Waals surface area (Å²) < 4.78 is 8.53. The Bertz CT molecular complexity index is 460. The van der Waals surface area contributed by atoms with Gasteiger partial charge in [0.05, 0.1) is 12.8 Å². The number of carbonyl (C=O) groups is 2. The van der Waals surface area contributed by atoms with E-state index in [1.54, 1.807) is 4.90 Å². The first-order valence-electron chi connectivity index (χ1n) is 5.89. The predicted molar refractivity (Wildman–Crippen MR) is 65.4 cm³/mol. The van der Waals surface area contributed by atoms with E-state index in [1.807, 2.05) is 6.92 Å². The van der Waals surface area contributed by atoms with Crippen molar-refractivity contribution in [1.29, 1.82) is 0 Å². The Hall–Kier alpha value is -1.50. The second-order valence-electron chi connectivity index (χ2n) is 4.08. The Kier molecular flexibility index (Phi) is 3.90. The van der Waals surface area contributed by atoms with E-state index in [4.69, 9.17) is 4.74 Å². The number of aromatic nitrogens is 2. The number of rotatable bonds is 3. The molecular weight excluding hydrogens is 254 g/mol. The van der Waals surface area contributed by atoms with Crippen molar-refractivity contribution in [3.05, 3.63) is 10.6 Å². The number of ether oxygens (including phenoxy) is 1. The molecule has 2 rings (SSSR count). The minimum absolute atomic E-state index is 0.158. The minimum atomic E-state index is -0.464. The second-order valence-corrected chi connectivity index (χ2v) is 4.84. The summed E-state index contributed by atoms with van der Waals surface area (Å²) >= 11 is 1.09. The first-order chi connectivity index (χ1) is 8.69. The van der Waals surface area contributed by atoms with Crippen LogP contribution < -0.4 is 0 Å². The molecule has 1 aromatic rings. The number of hydrogen-bond acceptors (Lipinski definition) is 6. The van der Waals surface area contributed by atoms with Crippen molar-refractivity contribution in [2.45, 2.75) is 32.2 Å². The SMILES string of the molecule is CCc1nnsc1C(=O)N1CCCC1C(=O)OC. The van der Waals surface area contributed by atoms with Gasteiger partial charge in [-0.15, -0.1) is 5.10 Å². The van der Waals surface area contributed by atoms with Gasteiger partial charge in [0.2, 0.25) is 0 Å². The van der Waals surface area contributed by atoms with Gasteiger partial charge in [0.25, 0.3) is 5.91 Å². The summed E-state index contributed by atoms with van der Waals surface area (Å²) in [5.41, 5.74) is 0.695. The standard InChI is InChI=1S/C11H15N3O3S/c1-3-7-9(18-13-12-7)10(15)14-6-4-5-8(14)11(16)17-2/h8H,3-6H2,1-2H3. The Morgan fingerprint density at radius 1 is 1.56 bits per heavy atom. The lowest BCUT2D eigenvalue weighted by Gasteiger charge is -2.21. The lowest BCUT2D eigenvalue weighted by Crippen LogP contribution is -2.41. The van der Waals surface area contributed by atoms with Crippen LogP contribution in [-0.2, 0) is 16.0 Å². The largest absolute Gasteiger partial charge is 0.467 e. The lowest BCUT2D eigenvalue weighted by molar-refractivity contribution is -0.145. The third-order valence-electron chi connectivity index (χ3n) is 3.07. The van der Waals surface area contributed by atoms with E-state index in [0.29, 0.717) is 30.0 Å². The van der Waals surface area contributed by atoms with Gasteiger partial charge in [0.15, 0.2) is 0 Å². The Morgan fingerprint density at radius 2 is 2.33 bits per heavy atom. The first-order valence-corrected chi connectivity index (χ1v) is 6.66. The van der Waals surface area contributed by atoms with Crippen LogP contribution >= 0.6 is 11.5 Å². The molecule has 7 heteroatoms. The van der Waals surface area contributed by atoms with Crippen LogP contribution in [0.15, 0.2) is 0 Å². The maximum absolute atomic E-state index is 12.4. The molecule has 1 amide bonds. The van der Waals surface area contributed by atoms with Crippen LogP contribution in [0, 0.1) is 0 Å². The van der Waals surface area contributed by atoms with Crippen LogP contribution in [0.3, 0.4) is 0 Å². The van der Waals surface area contributed by atoms with Gasteiger partial charge in [-0.2, -0.15) is 0 Å². The number of likely N-dealkylation sites (tertiary alicyclic amines) is 1. The van der Waals surface area contributed by atoms with Crippen LogP contribution in [0.4, 0.5) is 0 Å². The van der Waals surface area contributed by atoms with Crippen LogP contribution in [0.2, 0.25) is 0 Å². The number of hydrogen-bond donors (Lipinski definition) is 0. The molecule has 1 atom stereocenters. The maximum Gasteiger partial charge on any atom is 0.328 e. The summed E-state index contributed by atoms with van der Waals surface area (Å²) in [6.07, 6.45) is 2.14. The summed E-state index contributed by atoms with van der Waals surface area (Å²) in [5.74, 6) is -0.508. The van der Waals surface area contributed by atoms with Gasteiger partial charge < -0.3 is 9.64 Å². The van der Waals surface area contributed by atoms with Gasteiger partial charge in [0, 0.05) is 6.54 Å². The van der Waals surface area contributed by atoms with Crippen LogP contribution in [-0.4, -0.2) is 46.1 Å². The van der Waals surface area contributed by atoms with E-state index < -0.39 is 6.04 Å². The van der Waals surface area contributed by atoms with Gasteiger partial charge in [-0.05, 0) is 30.8 Å². The van der Waals surface area contributed by atoms with Crippen molar-refractivity contribution in [2.24, 2.45) is 0 Å². The fraction of sp³-hybridized carbons (Fsp3) is 0.636. The third kappa shape index (κ3) is 2.22. The molecule has 1 aliphatic heterocycles. The molecule has 1 aromatic heterocycles. The predicted octanol–water partition coefficient (Wildman–Crippen LogP) is 0.878. The maximum atomic E-state index is 12.4. The van der Waals surface area contributed by atoms with E-state index >= 15 is 0 Å². The summed E-state index contributed by atoms with van der Waals surface area (Å²) in [4.78, 5) is 26.1. The zero-order valence-electron chi connectivity index (χ0n) is 10.4. The molecule has 1 aliphatic rings. The molecule has 1 unspecified atom stereocenters. The molecular formula is C11H15N3O3S. The molecule has 0 aromatic carbocycles. The average Bonchev–Trinajstić information content (AvgIpc) is 3.04. The molecule has 0 aliphatic carbocycles. The van der Waals surface area contributed by atoms with Gasteiger partial charge in [-0.25, -0.2) is 4.79 Å². The van der Waals surface area contributed by atoms with Crippen molar-refractivity contribution in [3.63, 3.8) is 0 Å². The number of aryl methyl sites for hydroxylation is 1. The molecule has 0 N–H and O–H groups in total. The fourth-order valence-corrected chi connectivity index (χ4v) is 2.83. The van der Waals surface area contributed by atoms with E-state index in [0.717, 1.165) is 18.0 Å². The highest BCUT2D eigenvalue weighted by Crippen LogP contribution is 2.23. The number of nitrogens with zero attached hydrogens (tertiary/aromatic N) is 3. The molecule has 0 bridgehead atoms. The fourth-order valence-electron chi connectivity index (χ4n) is 2.12. The molecule has 0 saturated carbocycles. The smallest absolute Gasteiger partial charge is 0.328 e. The van der Waals surface area contributed by atoms with Crippen LogP contribution in [0.25, 0.3) is 0 Å². The zero-order chi connectivity index (χ0) is 13.1. The highest BCUT2D eigenvalue weighted by Gasteiger charge is 2.36. The van der Waals surface area contributed by atoms with Gasteiger partial charge in [0.1, 0.15) is 10.9 Å². The van der Waals surface area contributed by atoms with Gasteiger partial charge >= 0.3 is 5.97 Å². The molecule has 6 nitrogen and oxygen atoms in total. The molecule has 98 valence electrons. The Labute approximate surface area is 109 Å². The third-order valence-corrected chi connectivity index (χ3v) is 3.83. The summed E-state index contributed by atoms with van der Waals surface area (Å²) in [6, 6.07) is -0.464. The normalized spacial score (nSPS) is 19.0. The summed E-state index contributed by atoms with van der Waals surface area (Å²) in [6.45, 7) is 2.51. The number of methoxy groups -OCH3 is 1. The van der Waals surface area contributed by atoms with Gasteiger partial charge in [-0.3, -0.25) is 4.79 Å². The minimum Gasteiger partial charge on any atom is -0.467 e. The molecule has 0 radical (unpaired) electrons. The van der Waals surface area contributed by atoms with Crippen molar-refractivity contribution in [1.82, 2.24) is 14.5 Å². The molecule has 0 spiro atoms. The molecule has 1 fully saturated rings. The van der Waals surface area contributed by atoms with Crippen LogP contribution in [0.5, 0.6) is 0 Å². The average molecular weight is 269 g/mol. The van der Waals surface area contributed by atoms with Crippen molar-refractivity contribution in [3.8, 4) is 0 Å². The number of amides is 1. The van der Waals surface area contributed by atoms with Crippen molar-refractivity contribution < 1.29 is 14.3 Å². The second kappa shape index (κ2) is 5.43. The van der Waals surface area contributed by atoms with E-state index in [2.05, 4.69) is 9.59 Å². The monoisotopic (exact) mass is 269 g/mol. The Balaban J connectivity index is 2.20. The van der Waals surface area contributed by atoms with E-state index in [-0.39, 0.29) is 11.9 Å². The highest BCUT2D eigenvalue weighted by atomic mass is 32.1. The Morgan fingerprint density at radius 3 is 3.00 bits per heavy atom. The van der Waals surface area contributed by atoms with Crippen molar-refractivity contribution in [2.75, 3.05) is 13.7 Å². The zero-order valence-corrected chi connectivity index (χ0v) is 11.2. The summed E-state index contributed by atoms with van der Waals surface area (Å²) in [5, 5.41) is 3.92. The van der Waals surface area contributed by atoms with E-state index in [1.165, 1.54) is 7.11 Å². The topological polar surface area (TPSA) is 72.4 Å². The molecule has 18 heavy (non-hydrogen) atoms. The van der Waals surface area contributed by atoms with E-state index in [9.17, 15) is 9.59 Å². The summed E-state index contributed by atoms with van der Waals surface area (Å²) in [7, 11) is 1.34. The number of esters is 1.